The van der Waals surface area contributed by atoms with E-state index in [9.17, 15) is 4.79 Å². The van der Waals surface area contributed by atoms with Crippen LogP contribution in [0.4, 0.5) is 0 Å². The van der Waals surface area contributed by atoms with Gasteiger partial charge in [0.1, 0.15) is 18.7 Å². The molecule has 2 saturated heterocycles. The van der Waals surface area contributed by atoms with E-state index in [1.165, 1.54) is 35.9 Å². The number of hydrogen-bond acceptors (Lipinski definition) is 8. The number of hydrogen-bond donors (Lipinski definition) is 0. The van der Waals surface area contributed by atoms with Gasteiger partial charge in [0.25, 0.3) is 0 Å². The standard InChI is InChI=1S/C31H37N5O4/c1-22-15-23-5-6-25(17-24(23)16-22)40-31-26-18-28(38-2)29(19-27(26)32-21-33-31)39-14-13-34-9-11-36(12-10-34)30(37)20-35-7-3-4-8-35/h5-6,16-19,21H,3-4,7-15,20H2,1-2H3. The lowest BCUT2D eigenvalue weighted by atomic mass is 10.1. The minimum Gasteiger partial charge on any atom is -0.493 e. The zero-order chi connectivity index (χ0) is 27.5. The van der Waals surface area contributed by atoms with Crippen LogP contribution in [-0.4, -0.2) is 96.6 Å². The minimum atomic E-state index is 0.257. The van der Waals surface area contributed by atoms with Gasteiger partial charge >= 0.3 is 0 Å². The molecule has 0 atom stereocenters. The van der Waals surface area contributed by atoms with E-state index in [0.29, 0.717) is 30.5 Å². The van der Waals surface area contributed by atoms with Gasteiger partial charge in [-0.15, -0.1) is 0 Å². The SMILES string of the molecule is COc1cc2c(Oc3ccc4c(c3)C=C(C)C4)ncnc2cc1OCCN1CCN(C(=O)CN2CCCC2)CC1. The van der Waals surface area contributed by atoms with Crippen molar-refractivity contribution in [1.82, 2.24) is 24.7 Å². The van der Waals surface area contributed by atoms with E-state index in [-0.39, 0.29) is 5.91 Å². The Morgan fingerprint density at radius 2 is 1.77 bits per heavy atom. The molecular formula is C31H37N5O4. The van der Waals surface area contributed by atoms with Gasteiger partial charge in [-0.1, -0.05) is 17.7 Å². The summed E-state index contributed by atoms with van der Waals surface area (Å²) in [6.45, 7) is 9.35. The van der Waals surface area contributed by atoms with E-state index in [2.05, 4.69) is 44.9 Å². The smallest absolute Gasteiger partial charge is 0.236 e. The van der Waals surface area contributed by atoms with Gasteiger partial charge in [-0.3, -0.25) is 14.6 Å². The van der Waals surface area contributed by atoms with Crippen molar-refractivity contribution in [3.8, 4) is 23.1 Å². The first-order valence-electron chi connectivity index (χ1n) is 14.2. The van der Waals surface area contributed by atoms with Crippen LogP contribution >= 0.6 is 0 Å². The Bertz CT molecular complexity index is 1410. The Morgan fingerprint density at radius 1 is 0.950 bits per heavy atom. The molecule has 210 valence electrons. The lowest BCUT2D eigenvalue weighted by molar-refractivity contribution is -0.133. The molecule has 6 rings (SSSR count). The first kappa shape index (κ1) is 26.5. The number of benzene rings is 2. The summed E-state index contributed by atoms with van der Waals surface area (Å²) in [6, 6.07) is 9.91. The second kappa shape index (κ2) is 11.8. The van der Waals surface area contributed by atoms with Gasteiger partial charge in [0.05, 0.1) is 24.6 Å². The Balaban J connectivity index is 1.06. The molecule has 3 aromatic rings. The van der Waals surface area contributed by atoms with Crippen LogP contribution in [0.5, 0.6) is 23.1 Å². The van der Waals surface area contributed by atoms with Crippen LogP contribution in [0.2, 0.25) is 0 Å². The normalized spacial score (nSPS) is 17.6. The highest BCUT2D eigenvalue weighted by atomic mass is 16.5. The molecule has 0 saturated carbocycles. The summed E-state index contributed by atoms with van der Waals surface area (Å²) in [5.74, 6) is 2.72. The van der Waals surface area contributed by atoms with Crippen LogP contribution in [0.3, 0.4) is 0 Å². The first-order chi connectivity index (χ1) is 19.6. The maximum atomic E-state index is 12.6. The molecule has 1 aliphatic carbocycles. The van der Waals surface area contributed by atoms with E-state index >= 15 is 0 Å². The predicted octanol–water partition coefficient (Wildman–Crippen LogP) is 4.01. The molecule has 9 heteroatoms. The number of ether oxygens (including phenoxy) is 3. The van der Waals surface area contributed by atoms with Crippen LogP contribution < -0.4 is 14.2 Å². The number of aromatic nitrogens is 2. The average molecular weight is 544 g/mol. The molecule has 2 fully saturated rings. The second-order valence-corrected chi connectivity index (χ2v) is 10.9. The van der Waals surface area contributed by atoms with Gasteiger partial charge in [-0.25, -0.2) is 9.97 Å². The number of likely N-dealkylation sites (tertiary alicyclic amines) is 1. The lowest BCUT2D eigenvalue weighted by Crippen LogP contribution is -2.51. The second-order valence-electron chi connectivity index (χ2n) is 10.9. The van der Waals surface area contributed by atoms with Crippen molar-refractivity contribution in [3.63, 3.8) is 0 Å². The number of rotatable bonds is 9. The predicted molar refractivity (Wildman–Crippen MR) is 154 cm³/mol. The van der Waals surface area contributed by atoms with Gasteiger partial charge in [-0.05, 0) is 68.6 Å². The van der Waals surface area contributed by atoms with Crippen molar-refractivity contribution in [2.45, 2.75) is 26.2 Å². The average Bonchev–Trinajstić information content (AvgIpc) is 3.61. The summed E-state index contributed by atoms with van der Waals surface area (Å²) in [4.78, 5) is 28.1. The topological polar surface area (TPSA) is 80.3 Å². The van der Waals surface area contributed by atoms with Crippen molar-refractivity contribution in [3.05, 3.63) is 53.4 Å². The summed E-state index contributed by atoms with van der Waals surface area (Å²) in [7, 11) is 1.63. The summed E-state index contributed by atoms with van der Waals surface area (Å²) in [5, 5.41) is 0.758. The van der Waals surface area contributed by atoms with Crippen molar-refractivity contribution in [2.24, 2.45) is 0 Å². The van der Waals surface area contributed by atoms with Gasteiger partial charge in [0.2, 0.25) is 11.8 Å². The number of fused-ring (bicyclic) bond motifs is 2. The molecule has 0 bridgehead atoms. The molecule has 0 unspecified atom stereocenters. The summed E-state index contributed by atoms with van der Waals surface area (Å²) in [5.41, 5.74) is 4.58. The highest BCUT2D eigenvalue weighted by molar-refractivity contribution is 5.87. The maximum absolute atomic E-state index is 12.6. The lowest BCUT2D eigenvalue weighted by Gasteiger charge is -2.35. The van der Waals surface area contributed by atoms with Gasteiger partial charge in [0, 0.05) is 38.8 Å². The third-order valence-corrected chi connectivity index (χ3v) is 8.03. The van der Waals surface area contributed by atoms with Crippen LogP contribution in [0.25, 0.3) is 17.0 Å². The van der Waals surface area contributed by atoms with Crippen LogP contribution in [0, 0.1) is 0 Å². The number of nitrogens with zero attached hydrogens (tertiary/aromatic N) is 5. The van der Waals surface area contributed by atoms with Crippen molar-refractivity contribution in [1.29, 1.82) is 0 Å². The molecule has 0 N–H and O–H groups in total. The molecule has 40 heavy (non-hydrogen) atoms. The summed E-state index contributed by atoms with van der Waals surface area (Å²) >= 11 is 0. The van der Waals surface area contributed by atoms with E-state index in [1.807, 2.05) is 23.1 Å². The molecular weight excluding hydrogens is 506 g/mol. The zero-order valence-corrected chi connectivity index (χ0v) is 23.4. The van der Waals surface area contributed by atoms with E-state index in [1.54, 1.807) is 7.11 Å². The van der Waals surface area contributed by atoms with Gasteiger partial charge in [0.15, 0.2) is 11.5 Å². The third kappa shape index (κ3) is 5.90. The van der Waals surface area contributed by atoms with Crippen LogP contribution in [-0.2, 0) is 11.2 Å². The number of carbonyl (C=O) groups excluding carboxylic acids is 1. The Labute approximate surface area is 235 Å². The quantitative estimate of drug-likeness (QED) is 0.401. The monoisotopic (exact) mass is 543 g/mol. The first-order valence-corrected chi connectivity index (χ1v) is 14.2. The molecule has 3 aliphatic rings. The highest BCUT2D eigenvalue weighted by Gasteiger charge is 2.24. The van der Waals surface area contributed by atoms with E-state index in [0.717, 1.165) is 68.9 Å². The third-order valence-electron chi connectivity index (χ3n) is 8.03. The number of allylic oxidation sites excluding steroid dienone is 1. The molecule has 2 aliphatic heterocycles. The van der Waals surface area contributed by atoms with Gasteiger partial charge in [-0.2, -0.15) is 0 Å². The molecule has 0 spiro atoms. The fourth-order valence-electron chi connectivity index (χ4n) is 5.79. The molecule has 9 nitrogen and oxygen atoms in total. The van der Waals surface area contributed by atoms with Crippen molar-refractivity contribution < 1.29 is 19.0 Å². The van der Waals surface area contributed by atoms with Crippen LogP contribution in [0.1, 0.15) is 30.9 Å². The number of amides is 1. The van der Waals surface area contributed by atoms with E-state index in [4.69, 9.17) is 14.2 Å². The zero-order valence-electron chi connectivity index (χ0n) is 23.4. The summed E-state index contributed by atoms with van der Waals surface area (Å²) < 4.78 is 18.0. The molecule has 1 amide bonds. The summed E-state index contributed by atoms with van der Waals surface area (Å²) in [6.07, 6.45) is 7.11. The van der Waals surface area contributed by atoms with E-state index < -0.39 is 0 Å². The number of methoxy groups -OCH3 is 1. The van der Waals surface area contributed by atoms with Crippen molar-refractivity contribution >= 4 is 22.9 Å². The Kier molecular flexibility index (Phi) is 7.84. The molecule has 0 radical (unpaired) electrons. The fourth-order valence-corrected chi connectivity index (χ4v) is 5.79. The van der Waals surface area contributed by atoms with Crippen molar-refractivity contribution in [2.75, 3.05) is 66.1 Å². The Hall–Kier alpha value is -3.69. The largest absolute Gasteiger partial charge is 0.493 e. The number of piperazine rings is 1. The van der Waals surface area contributed by atoms with Gasteiger partial charge < -0.3 is 19.1 Å². The molecule has 2 aromatic carbocycles. The fraction of sp³-hybridized carbons (Fsp3) is 0.452. The minimum absolute atomic E-state index is 0.257. The number of carbonyl (C=O) groups is 1. The molecule has 1 aromatic heterocycles. The van der Waals surface area contributed by atoms with Crippen LogP contribution in [0.15, 0.2) is 42.2 Å². The highest BCUT2D eigenvalue weighted by Crippen LogP contribution is 2.37. The maximum Gasteiger partial charge on any atom is 0.236 e. The molecule has 3 heterocycles. The Morgan fingerprint density at radius 3 is 2.58 bits per heavy atom.